The summed E-state index contributed by atoms with van der Waals surface area (Å²) < 4.78 is 37.3. The summed E-state index contributed by atoms with van der Waals surface area (Å²) in [5.41, 5.74) is 2.16. The number of esters is 1. The number of hydrogen-bond donors (Lipinski definition) is 0. The number of carbonyl (C=O) groups excluding carboxylic acids is 1. The molecule has 0 amide bonds. The smallest absolute Gasteiger partial charge is 0.338 e. The van der Waals surface area contributed by atoms with Crippen LogP contribution < -0.4 is 0 Å². The Kier molecular flexibility index (Phi) is 6.38. The molecule has 2 aromatic carbocycles. The molecule has 3 aromatic rings. The van der Waals surface area contributed by atoms with Crippen molar-refractivity contribution in [1.29, 1.82) is 0 Å². The molecule has 1 aromatic heterocycles. The Morgan fingerprint density at radius 1 is 1.12 bits per heavy atom. The molecular weight excluding hydrogens is 430 g/mol. The lowest BCUT2D eigenvalue weighted by Crippen LogP contribution is -2.28. The third kappa shape index (κ3) is 4.73. The van der Waals surface area contributed by atoms with Crippen molar-refractivity contribution in [2.24, 2.45) is 0 Å². The fourth-order valence-corrected chi connectivity index (χ4v) is 5.08. The monoisotopic (exact) mass is 455 g/mol. The van der Waals surface area contributed by atoms with Crippen molar-refractivity contribution in [3.8, 4) is 11.4 Å². The minimum Gasteiger partial charge on any atom is -0.452 e. The van der Waals surface area contributed by atoms with Crippen LogP contribution in [0.5, 0.6) is 0 Å². The Morgan fingerprint density at radius 2 is 1.84 bits per heavy atom. The van der Waals surface area contributed by atoms with Crippen LogP contribution in [0, 0.1) is 0 Å². The van der Waals surface area contributed by atoms with Crippen molar-refractivity contribution in [2.45, 2.75) is 44.1 Å². The number of rotatable bonds is 7. The van der Waals surface area contributed by atoms with Crippen LogP contribution in [0.3, 0.4) is 0 Å². The van der Waals surface area contributed by atoms with Gasteiger partial charge in [0.2, 0.25) is 15.8 Å². The maximum absolute atomic E-state index is 12.7. The zero-order chi connectivity index (χ0) is 22.7. The second-order valence-corrected chi connectivity index (χ2v) is 9.94. The summed E-state index contributed by atoms with van der Waals surface area (Å²) in [5.74, 6) is 0.324. The quantitative estimate of drug-likeness (QED) is 0.496. The van der Waals surface area contributed by atoms with Crippen LogP contribution >= 0.6 is 0 Å². The SMILES string of the molecule is CC(C)c1ccc(-c2noc(COC(=O)c3cccc(S(=O)(=O)N4CCCC4)c3)n2)cc1. The molecule has 0 spiro atoms. The average Bonchev–Trinajstić information content (AvgIpc) is 3.50. The maximum Gasteiger partial charge on any atom is 0.338 e. The molecule has 0 N–H and O–H groups in total. The van der Waals surface area contributed by atoms with Crippen molar-refractivity contribution in [1.82, 2.24) is 14.4 Å². The molecule has 2 heterocycles. The molecule has 0 unspecified atom stereocenters. The van der Waals surface area contributed by atoms with Gasteiger partial charge in [-0.1, -0.05) is 49.3 Å². The Morgan fingerprint density at radius 3 is 2.53 bits per heavy atom. The van der Waals surface area contributed by atoms with Crippen molar-refractivity contribution >= 4 is 16.0 Å². The Hall–Kier alpha value is -3.04. The molecule has 1 fully saturated rings. The number of benzene rings is 2. The molecular formula is C23H25N3O5S. The van der Waals surface area contributed by atoms with Gasteiger partial charge in [0.1, 0.15) is 0 Å². The summed E-state index contributed by atoms with van der Waals surface area (Å²) in [6.07, 6.45) is 1.68. The van der Waals surface area contributed by atoms with Gasteiger partial charge in [0.25, 0.3) is 5.89 Å². The summed E-state index contributed by atoms with van der Waals surface area (Å²) in [6.45, 7) is 5.02. The third-order valence-electron chi connectivity index (χ3n) is 5.40. The van der Waals surface area contributed by atoms with Gasteiger partial charge in [-0.05, 0) is 42.5 Å². The average molecular weight is 456 g/mol. The number of carbonyl (C=O) groups is 1. The second kappa shape index (κ2) is 9.22. The maximum atomic E-state index is 12.7. The van der Waals surface area contributed by atoms with Gasteiger partial charge in [-0.15, -0.1) is 0 Å². The first-order valence-corrected chi connectivity index (χ1v) is 12.0. The third-order valence-corrected chi connectivity index (χ3v) is 7.30. The highest BCUT2D eigenvalue weighted by molar-refractivity contribution is 7.89. The van der Waals surface area contributed by atoms with Crippen LogP contribution in [-0.2, 0) is 21.4 Å². The first-order chi connectivity index (χ1) is 15.3. The standard InChI is InChI=1S/C23H25N3O5S/c1-16(2)17-8-10-18(11-9-17)22-24-21(31-25-22)15-30-23(27)19-6-5-7-20(14-19)32(28,29)26-12-3-4-13-26/h5-11,14,16H,3-4,12-13,15H2,1-2H3. The van der Waals surface area contributed by atoms with E-state index in [-0.39, 0.29) is 23.0 Å². The number of hydrogen-bond acceptors (Lipinski definition) is 7. The highest BCUT2D eigenvalue weighted by Crippen LogP contribution is 2.23. The molecule has 0 atom stereocenters. The van der Waals surface area contributed by atoms with E-state index < -0.39 is 16.0 Å². The minimum atomic E-state index is -3.61. The van der Waals surface area contributed by atoms with E-state index in [4.69, 9.17) is 9.26 Å². The lowest BCUT2D eigenvalue weighted by molar-refractivity contribution is 0.0429. The van der Waals surface area contributed by atoms with Crippen LogP contribution in [-0.4, -0.2) is 41.9 Å². The molecule has 0 bridgehead atoms. The lowest BCUT2D eigenvalue weighted by Gasteiger charge is -2.15. The van der Waals surface area contributed by atoms with Gasteiger partial charge >= 0.3 is 5.97 Å². The van der Waals surface area contributed by atoms with Gasteiger partial charge in [0, 0.05) is 18.7 Å². The first kappa shape index (κ1) is 22.2. The summed E-state index contributed by atoms with van der Waals surface area (Å²) in [7, 11) is -3.61. The summed E-state index contributed by atoms with van der Waals surface area (Å²) in [5, 5.41) is 3.94. The van der Waals surface area contributed by atoms with E-state index in [1.807, 2.05) is 24.3 Å². The highest BCUT2D eigenvalue weighted by Gasteiger charge is 2.27. The van der Waals surface area contributed by atoms with Crippen molar-refractivity contribution in [3.63, 3.8) is 0 Å². The second-order valence-electron chi connectivity index (χ2n) is 8.00. The van der Waals surface area contributed by atoms with E-state index in [9.17, 15) is 13.2 Å². The molecule has 0 radical (unpaired) electrons. The van der Waals surface area contributed by atoms with Gasteiger partial charge in [-0.3, -0.25) is 0 Å². The molecule has 0 aliphatic carbocycles. The zero-order valence-electron chi connectivity index (χ0n) is 18.0. The topological polar surface area (TPSA) is 103 Å². The fourth-order valence-electron chi connectivity index (χ4n) is 3.52. The van der Waals surface area contributed by atoms with E-state index in [1.165, 1.54) is 34.1 Å². The summed E-state index contributed by atoms with van der Waals surface area (Å²) >= 11 is 0. The molecule has 1 aliphatic rings. The van der Waals surface area contributed by atoms with Crippen LogP contribution in [0.4, 0.5) is 0 Å². The van der Waals surface area contributed by atoms with Gasteiger partial charge in [0.05, 0.1) is 10.5 Å². The van der Waals surface area contributed by atoms with E-state index in [0.29, 0.717) is 24.8 Å². The van der Waals surface area contributed by atoms with Gasteiger partial charge in [-0.2, -0.15) is 9.29 Å². The van der Waals surface area contributed by atoms with Gasteiger partial charge in [0.15, 0.2) is 6.61 Å². The Bertz CT molecular complexity index is 1200. The van der Waals surface area contributed by atoms with Crippen LogP contribution in [0.15, 0.2) is 57.9 Å². The van der Waals surface area contributed by atoms with Gasteiger partial charge < -0.3 is 9.26 Å². The summed E-state index contributed by atoms with van der Waals surface area (Å²) in [4.78, 5) is 16.8. The lowest BCUT2D eigenvalue weighted by atomic mass is 10.0. The normalized spacial score (nSPS) is 14.7. The predicted octanol–water partition coefficient (Wildman–Crippen LogP) is 4.00. The number of sulfonamides is 1. The molecule has 9 heteroatoms. The minimum absolute atomic E-state index is 0.0822. The van der Waals surface area contributed by atoms with Crippen molar-refractivity contribution < 1.29 is 22.5 Å². The molecule has 32 heavy (non-hydrogen) atoms. The van der Waals surface area contributed by atoms with Gasteiger partial charge in [-0.25, -0.2) is 13.2 Å². The fraction of sp³-hybridized carbons (Fsp3) is 0.348. The molecule has 1 saturated heterocycles. The Labute approximate surface area is 187 Å². The van der Waals surface area contributed by atoms with E-state index in [2.05, 4.69) is 24.0 Å². The Balaban J connectivity index is 1.41. The molecule has 4 rings (SSSR count). The first-order valence-electron chi connectivity index (χ1n) is 10.5. The zero-order valence-corrected chi connectivity index (χ0v) is 18.8. The van der Waals surface area contributed by atoms with Crippen molar-refractivity contribution in [2.75, 3.05) is 13.1 Å². The number of aromatic nitrogens is 2. The van der Waals surface area contributed by atoms with Crippen LogP contribution in [0.2, 0.25) is 0 Å². The molecule has 168 valence electrons. The summed E-state index contributed by atoms with van der Waals surface area (Å²) in [6, 6.07) is 13.7. The predicted molar refractivity (Wildman–Crippen MR) is 117 cm³/mol. The van der Waals surface area contributed by atoms with Crippen LogP contribution in [0.1, 0.15) is 54.4 Å². The van der Waals surface area contributed by atoms with Crippen LogP contribution in [0.25, 0.3) is 11.4 Å². The molecule has 8 nitrogen and oxygen atoms in total. The van der Waals surface area contributed by atoms with E-state index >= 15 is 0 Å². The highest BCUT2D eigenvalue weighted by atomic mass is 32.2. The molecule has 0 saturated carbocycles. The largest absolute Gasteiger partial charge is 0.452 e. The molecule has 1 aliphatic heterocycles. The number of nitrogens with zero attached hydrogens (tertiary/aromatic N) is 3. The van der Waals surface area contributed by atoms with E-state index in [0.717, 1.165) is 18.4 Å². The van der Waals surface area contributed by atoms with E-state index in [1.54, 1.807) is 0 Å². The number of ether oxygens (including phenoxy) is 1. The van der Waals surface area contributed by atoms with Crippen molar-refractivity contribution in [3.05, 3.63) is 65.5 Å².